The average molecular weight is 508 g/mol. The first-order valence-corrected chi connectivity index (χ1v) is 12.4. The van der Waals surface area contributed by atoms with E-state index in [1.165, 1.54) is 6.07 Å². The molecule has 8 heteroatoms. The van der Waals surface area contributed by atoms with Crippen molar-refractivity contribution in [2.75, 3.05) is 51.7 Å². The molecule has 7 nitrogen and oxygen atoms in total. The molecular formula is C28H34N3O4P. The van der Waals surface area contributed by atoms with Gasteiger partial charge in [0, 0.05) is 51.0 Å². The molecule has 1 heterocycles. The third kappa shape index (κ3) is 7.89. The largest absolute Gasteiger partial charge is 0.507 e. The molecule has 0 spiro atoms. The molecule has 0 bridgehead atoms. The summed E-state index contributed by atoms with van der Waals surface area (Å²) in [4.78, 5) is 24.5. The molecule has 0 amide bonds. The number of hydrogen-bond donors (Lipinski definition) is 2. The maximum absolute atomic E-state index is 11.4. The van der Waals surface area contributed by atoms with Crippen molar-refractivity contribution in [1.82, 2.24) is 9.57 Å². The first-order chi connectivity index (χ1) is 17.4. The molecule has 0 aromatic heterocycles. The van der Waals surface area contributed by atoms with Crippen molar-refractivity contribution in [2.24, 2.45) is 0 Å². The Balaban J connectivity index is 0.000000202. The molecule has 1 atom stereocenters. The lowest BCUT2D eigenvalue weighted by Crippen LogP contribution is -2.43. The van der Waals surface area contributed by atoms with Gasteiger partial charge in [-0.05, 0) is 48.4 Å². The zero-order valence-corrected chi connectivity index (χ0v) is 22.0. The maximum atomic E-state index is 11.4. The topological polar surface area (TPSA) is 82.1 Å². The molecule has 1 saturated heterocycles. The van der Waals surface area contributed by atoms with Crippen molar-refractivity contribution in [1.29, 1.82) is 0 Å². The molecule has 190 valence electrons. The highest BCUT2D eigenvalue weighted by molar-refractivity contribution is 7.13. The Morgan fingerprint density at radius 2 is 1.75 bits per heavy atom. The van der Waals surface area contributed by atoms with Gasteiger partial charge in [0.2, 0.25) is 0 Å². The van der Waals surface area contributed by atoms with Crippen LogP contribution in [0.5, 0.6) is 11.5 Å². The normalized spacial score (nSPS) is 13.9. The Morgan fingerprint density at radius 1 is 1.03 bits per heavy atom. The van der Waals surface area contributed by atoms with E-state index in [0.717, 1.165) is 55.1 Å². The number of nitrogens with one attached hydrogen (secondary N) is 1. The van der Waals surface area contributed by atoms with Gasteiger partial charge in [-0.3, -0.25) is 19.2 Å². The molecule has 1 aliphatic heterocycles. The number of nitrogens with zero attached hydrogens (tertiary/aromatic N) is 2. The van der Waals surface area contributed by atoms with Crippen LogP contribution < -0.4 is 10.1 Å². The number of phenolic OH excluding ortho intramolecular Hbond substituents is 1. The van der Waals surface area contributed by atoms with Gasteiger partial charge >= 0.3 is 0 Å². The fraction of sp³-hybridized carbons (Fsp3) is 0.286. The van der Waals surface area contributed by atoms with E-state index >= 15 is 0 Å². The van der Waals surface area contributed by atoms with Crippen LogP contribution in [0.3, 0.4) is 0 Å². The van der Waals surface area contributed by atoms with Crippen molar-refractivity contribution >= 4 is 27.1 Å². The highest BCUT2D eigenvalue weighted by atomic mass is 31.0. The van der Waals surface area contributed by atoms with Crippen molar-refractivity contribution in [3.63, 3.8) is 0 Å². The summed E-state index contributed by atoms with van der Waals surface area (Å²) in [5.41, 5.74) is 4.12. The molecule has 36 heavy (non-hydrogen) atoms. The number of hydrogen-bond acceptors (Lipinski definition) is 7. The summed E-state index contributed by atoms with van der Waals surface area (Å²) in [6, 6.07) is 20.7. The second-order valence-corrected chi connectivity index (χ2v) is 9.23. The van der Waals surface area contributed by atoms with E-state index in [1.807, 2.05) is 43.4 Å². The number of ketones is 1. The van der Waals surface area contributed by atoms with Gasteiger partial charge in [0.1, 0.15) is 18.1 Å². The maximum Gasteiger partial charge on any atom is 0.161 e. The number of ether oxygens (including phenoxy) is 1. The van der Waals surface area contributed by atoms with Crippen LogP contribution in [0, 0.1) is 0 Å². The van der Waals surface area contributed by atoms with Crippen molar-refractivity contribution < 1.29 is 19.4 Å². The standard InChI is InChI=1S/C15H15NO.C13H19N2O3P/c1-11(17)14-9-8-13(10-15(14)16-2)12-6-4-3-5-7-12;16-10-11-9-12(1-2-13(11)17)18-8-7-14-3-5-15(19)6-4-14/h3-10,16H,1-2H3;1-2,9-10,17H,3-8,19H2. The molecule has 4 rings (SSSR count). The molecular weight excluding hydrogens is 473 g/mol. The van der Waals surface area contributed by atoms with Crippen LogP contribution in [0.25, 0.3) is 11.1 Å². The van der Waals surface area contributed by atoms with Crippen LogP contribution in [0.4, 0.5) is 5.69 Å². The number of phenols is 1. The lowest BCUT2D eigenvalue weighted by molar-refractivity contribution is 0.101. The van der Waals surface area contributed by atoms with Gasteiger partial charge < -0.3 is 15.2 Å². The smallest absolute Gasteiger partial charge is 0.161 e. The lowest BCUT2D eigenvalue weighted by atomic mass is 10.0. The van der Waals surface area contributed by atoms with Crippen LogP contribution in [0.1, 0.15) is 27.6 Å². The predicted octanol–water partition coefficient (Wildman–Crippen LogP) is 4.59. The Bertz CT molecular complexity index is 1150. The number of aldehydes is 1. The number of benzene rings is 3. The van der Waals surface area contributed by atoms with Gasteiger partial charge in [-0.15, -0.1) is 0 Å². The molecule has 0 radical (unpaired) electrons. The summed E-state index contributed by atoms with van der Waals surface area (Å²) < 4.78 is 7.83. The monoisotopic (exact) mass is 507 g/mol. The van der Waals surface area contributed by atoms with E-state index in [9.17, 15) is 14.7 Å². The summed E-state index contributed by atoms with van der Waals surface area (Å²) in [5, 5.41) is 12.5. The van der Waals surface area contributed by atoms with Crippen molar-refractivity contribution in [3.8, 4) is 22.6 Å². The minimum Gasteiger partial charge on any atom is -0.507 e. The SMILES string of the molecule is CNc1cc(-c2ccccc2)ccc1C(C)=O.O=Cc1cc(OCCN2CCN(P)CC2)ccc1O. The summed E-state index contributed by atoms with van der Waals surface area (Å²) in [7, 11) is 4.55. The van der Waals surface area contributed by atoms with Gasteiger partial charge in [-0.2, -0.15) is 0 Å². The Hall–Kier alpha value is -3.25. The Kier molecular flexibility index (Phi) is 10.4. The molecule has 1 unspecified atom stereocenters. The van der Waals surface area contributed by atoms with E-state index in [0.29, 0.717) is 18.6 Å². The van der Waals surface area contributed by atoms with E-state index in [4.69, 9.17) is 4.74 Å². The number of piperazine rings is 1. The van der Waals surface area contributed by atoms with Gasteiger partial charge in [-0.1, -0.05) is 45.8 Å². The summed E-state index contributed by atoms with van der Waals surface area (Å²) in [5.74, 6) is 0.678. The molecule has 0 aliphatic carbocycles. The van der Waals surface area contributed by atoms with Crippen LogP contribution in [-0.4, -0.2) is 73.1 Å². The van der Waals surface area contributed by atoms with Crippen LogP contribution in [0.2, 0.25) is 0 Å². The summed E-state index contributed by atoms with van der Waals surface area (Å²) in [6.07, 6.45) is 0.625. The Morgan fingerprint density at radius 3 is 2.39 bits per heavy atom. The van der Waals surface area contributed by atoms with E-state index in [1.54, 1.807) is 19.1 Å². The van der Waals surface area contributed by atoms with Crippen molar-refractivity contribution in [3.05, 3.63) is 77.9 Å². The fourth-order valence-electron chi connectivity index (χ4n) is 3.86. The Labute approximate surface area is 215 Å². The van der Waals surface area contributed by atoms with Gasteiger partial charge in [-0.25, -0.2) is 0 Å². The highest BCUT2D eigenvalue weighted by Gasteiger charge is 2.13. The number of rotatable bonds is 8. The number of carbonyl (C=O) groups is 2. The average Bonchev–Trinajstić information content (AvgIpc) is 2.91. The van der Waals surface area contributed by atoms with Crippen molar-refractivity contribution in [2.45, 2.75) is 6.92 Å². The minimum absolute atomic E-state index is 0.0149. The zero-order chi connectivity index (χ0) is 25.9. The predicted molar refractivity (Wildman–Crippen MR) is 148 cm³/mol. The molecule has 1 aliphatic rings. The number of Topliss-reactive ketones (excluding diaryl/α,β-unsaturated/α-hetero) is 1. The molecule has 3 aromatic rings. The van der Waals surface area contributed by atoms with Gasteiger partial charge in [0.15, 0.2) is 12.1 Å². The molecule has 0 saturated carbocycles. The molecule has 1 fully saturated rings. The number of aromatic hydroxyl groups is 1. The summed E-state index contributed by atoms with van der Waals surface area (Å²) in [6.45, 7) is 7.23. The third-order valence-corrected chi connectivity index (χ3v) is 6.50. The minimum atomic E-state index is -0.0149. The van der Waals surface area contributed by atoms with Crippen LogP contribution in [-0.2, 0) is 0 Å². The van der Waals surface area contributed by atoms with E-state index in [2.05, 4.69) is 36.4 Å². The second kappa shape index (κ2) is 13.7. The summed E-state index contributed by atoms with van der Waals surface area (Å²) >= 11 is 0. The lowest BCUT2D eigenvalue weighted by Gasteiger charge is -2.31. The van der Waals surface area contributed by atoms with E-state index in [-0.39, 0.29) is 17.1 Å². The van der Waals surface area contributed by atoms with E-state index < -0.39 is 0 Å². The third-order valence-electron chi connectivity index (χ3n) is 5.98. The first kappa shape index (κ1) is 27.3. The first-order valence-electron chi connectivity index (χ1n) is 11.9. The number of anilines is 1. The zero-order valence-electron chi connectivity index (χ0n) is 20.8. The fourth-order valence-corrected chi connectivity index (χ4v) is 4.10. The van der Waals surface area contributed by atoms with Gasteiger partial charge in [0.05, 0.1) is 5.56 Å². The van der Waals surface area contributed by atoms with Crippen LogP contribution >= 0.6 is 9.39 Å². The van der Waals surface area contributed by atoms with Gasteiger partial charge in [0.25, 0.3) is 0 Å². The van der Waals surface area contributed by atoms with Crippen LogP contribution in [0.15, 0.2) is 66.7 Å². The molecule has 2 N–H and O–H groups in total. The second-order valence-electron chi connectivity index (χ2n) is 8.50. The highest BCUT2D eigenvalue weighted by Crippen LogP contribution is 2.25. The number of carbonyl (C=O) groups excluding carboxylic acids is 2. The quantitative estimate of drug-likeness (QED) is 0.262. The molecule has 3 aromatic carbocycles.